The van der Waals surface area contributed by atoms with Gasteiger partial charge in [0.05, 0.1) is 10.6 Å². The van der Waals surface area contributed by atoms with Gasteiger partial charge < -0.3 is 4.57 Å². The number of carbonyl (C=O) groups is 2. The molecule has 0 atom stereocenters. The lowest BCUT2D eigenvalue weighted by Gasteiger charge is -2.29. The van der Waals surface area contributed by atoms with E-state index in [4.69, 9.17) is 12.2 Å². The van der Waals surface area contributed by atoms with Crippen LogP contribution in [0.5, 0.6) is 0 Å². The van der Waals surface area contributed by atoms with E-state index in [2.05, 4.69) is 5.32 Å². The molecule has 0 unspecified atom stereocenters. The van der Waals surface area contributed by atoms with E-state index in [0.29, 0.717) is 12.1 Å². The smallest absolute Gasteiger partial charge is 0.270 e. The van der Waals surface area contributed by atoms with Crippen LogP contribution in [0, 0.1) is 15.9 Å². The normalized spacial score (nSPS) is 15.0. The van der Waals surface area contributed by atoms with Gasteiger partial charge in [0.1, 0.15) is 11.4 Å². The molecule has 0 radical (unpaired) electrons. The van der Waals surface area contributed by atoms with Gasteiger partial charge in [-0.15, -0.1) is 0 Å². The molecule has 1 N–H and O–H groups in total. The third-order valence-electron chi connectivity index (χ3n) is 5.81. The van der Waals surface area contributed by atoms with Gasteiger partial charge in [0.2, 0.25) is 0 Å². The van der Waals surface area contributed by atoms with Gasteiger partial charge in [0.15, 0.2) is 5.11 Å². The van der Waals surface area contributed by atoms with Crippen LogP contribution in [0.15, 0.2) is 84.6 Å². The number of nitrogens with zero attached hydrogens (tertiary/aromatic N) is 3. The Bertz CT molecular complexity index is 1590. The summed E-state index contributed by atoms with van der Waals surface area (Å²) >= 11 is 5.15. The van der Waals surface area contributed by atoms with Crippen molar-refractivity contribution in [2.45, 2.75) is 6.54 Å². The van der Waals surface area contributed by atoms with Gasteiger partial charge in [0, 0.05) is 41.3 Å². The number of carbonyl (C=O) groups excluding carboxylic acids is 2. The van der Waals surface area contributed by atoms with E-state index in [1.165, 1.54) is 36.4 Å². The SMILES string of the molecule is O=C1NC(=S)N(c2ccccc2F)C(=O)/C1=C\c1cn(Cc2ccc([N+](=O)[O-])cc2)c2ccccc12. The number of nitro benzene ring substituents is 1. The van der Waals surface area contributed by atoms with Crippen LogP contribution in [0.1, 0.15) is 11.1 Å². The molecule has 5 rings (SSSR count). The molecule has 1 aliphatic heterocycles. The van der Waals surface area contributed by atoms with Crippen molar-refractivity contribution in [2.24, 2.45) is 0 Å². The van der Waals surface area contributed by atoms with Crippen LogP contribution in [0.3, 0.4) is 0 Å². The first-order valence-electron chi connectivity index (χ1n) is 10.8. The van der Waals surface area contributed by atoms with E-state index < -0.39 is 22.6 Å². The molecule has 4 aromatic rings. The number of amides is 2. The van der Waals surface area contributed by atoms with Crippen molar-refractivity contribution in [1.82, 2.24) is 9.88 Å². The van der Waals surface area contributed by atoms with Crippen molar-refractivity contribution in [3.05, 3.63) is 112 Å². The maximum absolute atomic E-state index is 14.4. The summed E-state index contributed by atoms with van der Waals surface area (Å²) in [6.45, 7) is 0.410. The van der Waals surface area contributed by atoms with Gasteiger partial charge in [-0.25, -0.2) is 9.29 Å². The number of benzene rings is 3. The second kappa shape index (κ2) is 9.16. The van der Waals surface area contributed by atoms with Gasteiger partial charge in [-0.05, 0) is 42.1 Å². The number of aromatic nitrogens is 1. The Morgan fingerprint density at radius 2 is 1.69 bits per heavy atom. The number of hydrogen-bond acceptors (Lipinski definition) is 5. The van der Waals surface area contributed by atoms with Gasteiger partial charge >= 0.3 is 0 Å². The molecule has 0 bridgehead atoms. The van der Waals surface area contributed by atoms with Crippen molar-refractivity contribution in [1.29, 1.82) is 0 Å². The van der Waals surface area contributed by atoms with E-state index in [1.807, 2.05) is 28.8 Å². The van der Waals surface area contributed by atoms with Gasteiger partial charge in [-0.3, -0.25) is 25.0 Å². The zero-order valence-corrected chi connectivity index (χ0v) is 19.4. The van der Waals surface area contributed by atoms with Gasteiger partial charge in [-0.1, -0.05) is 42.5 Å². The van der Waals surface area contributed by atoms with Crippen molar-refractivity contribution < 1.29 is 18.9 Å². The molecule has 2 heterocycles. The van der Waals surface area contributed by atoms with Crippen LogP contribution in [-0.2, 0) is 16.1 Å². The second-order valence-electron chi connectivity index (χ2n) is 8.06. The third-order valence-corrected chi connectivity index (χ3v) is 6.10. The van der Waals surface area contributed by atoms with Crippen LogP contribution in [0.4, 0.5) is 15.8 Å². The van der Waals surface area contributed by atoms with E-state index in [-0.39, 0.29) is 22.1 Å². The minimum absolute atomic E-state index is 0.000631. The lowest BCUT2D eigenvalue weighted by atomic mass is 10.1. The Labute approximate surface area is 209 Å². The molecule has 3 aromatic carbocycles. The number of para-hydroxylation sites is 2. The van der Waals surface area contributed by atoms with Crippen LogP contribution in [0.2, 0.25) is 0 Å². The zero-order chi connectivity index (χ0) is 25.4. The fourth-order valence-corrected chi connectivity index (χ4v) is 4.38. The molecule has 36 heavy (non-hydrogen) atoms. The van der Waals surface area contributed by atoms with Crippen molar-refractivity contribution in [2.75, 3.05) is 4.90 Å². The first-order valence-corrected chi connectivity index (χ1v) is 11.2. The monoisotopic (exact) mass is 500 g/mol. The Morgan fingerprint density at radius 1 is 1.00 bits per heavy atom. The number of rotatable bonds is 5. The summed E-state index contributed by atoms with van der Waals surface area (Å²) in [4.78, 5) is 37.5. The average molecular weight is 501 g/mol. The van der Waals surface area contributed by atoms with E-state index in [0.717, 1.165) is 21.4 Å². The first kappa shape index (κ1) is 23.1. The van der Waals surface area contributed by atoms with Crippen molar-refractivity contribution in [3.63, 3.8) is 0 Å². The molecule has 1 aliphatic rings. The predicted molar refractivity (Wildman–Crippen MR) is 137 cm³/mol. The van der Waals surface area contributed by atoms with Crippen molar-refractivity contribution >= 4 is 57.5 Å². The van der Waals surface area contributed by atoms with E-state index in [1.54, 1.807) is 24.4 Å². The van der Waals surface area contributed by atoms with E-state index in [9.17, 15) is 24.1 Å². The number of non-ortho nitro benzene ring substituents is 1. The van der Waals surface area contributed by atoms with E-state index >= 15 is 0 Å². The van der Waals surface area contributed by atoms with Crippen LogP contribution in [-0.4, -0.2) is 26.4 Å². The number of nitrogens with one attached hydrogen (secondary N) is 1. The summed E-state index contributed by atoms with van der Waals surface area (Å²) in [5.74, 6) is -2.06. The summed E-state index contributed by atoms with van der Waals surface area (Å²) in [7, 11) is 0. The van der Waals surface area contributed by atoms with Crippen LogP contribution >= 0.6 is 12.2 Å². The molecule has 10 heteroatoms. The summed E-state index contributed by atoms with van der Waals surface area (Å²) in [5, 5.41) is 14.0. The summed E-state index contributed by atoms with van der Waals surface area (Å²) < 4.78 is 16.4. The summed E-state index contributed by atoms with van der Waals surface area (Å²) in [6.07, 6.45) is 3.25. The minimum Gasteiger partial charge on any atom is -0.342 e. The van der Waals surface area contributed by atoms with Gasteiger partial charge in [0.25, 0.3) is 17.5 Å². The third kappa shape index (κ3) is 4.14. The molecule has 178 valence electrons. The molecule has 8 nitrogen and oxygen atoms in total. The summed E-state index contributed by atoms with van der Waals surface area (Å²) in [5.41, 5.74) is 2.04. The molecule has 0 spiro atoms. The fraction of sp³-hybridized carbons (Fsp3) is 0.0385. The number of anilines is 1. The highest BCUT2D eigenvalue weighted by molar-refractivity contribution is 7.80. The number of fused-ring (bicyclic) bond motifs is 1. The number of nitro groups is 1. The quantitative estimate of drug-likeness (QED) is 0.142. The Balaban J connectivity index is 1.55. The second-order valence-corrected chi connectivity index (χ2v) is 8.45. The molecule has 1 fully saturated rings. The molecule has 1 aromatic heterocycles. The van der Waals surface area contributed by atoms with Gasteiger partial charge in [-0.2, -0.15) is 0 Å². The fourth-order valence-electron chi connectivity index (χ4n) is 4.11. The highest BCUT2D eigenvalue weighted by Gasteiger charge is 2.35. The Hall–Kier alpha value is -4.70. The van der Waals surface area contributed by atoms with Crippen LogP contribution < -0.4 is 10.2 Å². The largest absolute Gasteiger partial charge is 0.342 e. The minimum atomic E-state index is -0.735. The molecule has 2 amide bonds. The lowest BCUT2D eigenvalue weighted by Crippen LogP contribution is -2.54. The topological polar surface area (TPSA) is 97.5 Å². The number of halogens is 1. The zero-order valence-electron chi connectivity index (χ0n) is 18.6. The standard InChI is InChI=1S/C26H17FN4O4S/c27-21-6-2-4-8-23(21)30-25(33)20(24(32)28-26(30)36)13-17-15-29(22-7-3-1-5-19(17)22)14-16-9-11-18(12-10-16)31(34)35/h1-13,15H,14H2,(H,28,32,36)/b20-13-. The predicted octanol–water partition coefficient (Wildman–Crippen LogP) is 4.57. The lowest BCUT2D eigenvalue weighted by molar-refractivity contribution is -0.384. The molecule has 1 saturated heterocycles. The average Bonchev–Trinajstić information content (AvgIpc) is 3.20. The maximum Gasteiger partial charge on any atom is 0.270 e. The molecule has 0 saturated carbocycles. The first-order chi connectivity index (χ1) is 17.3. The molecular weight excluding hydrogens is 483 g/mol. The highest BCUT2D eigenvalue weighted by atomic mass is 32.1. The molecular formula is C26H17FN4O4S. The molecule has 0 aliphatic carbocycles. The van der Waals surface area contributed by atoms with Crippen LogP contribution in [0.25, 0.3) is 17.0 Å². The maximum atomic E-state index is 14.4. The Kier molecular flexibility index (Phi) is 5.87. The summed E-state index contributed by atoms with van der Waals surface area (Å²) in [6, 6.07) is 19.4. The van der Waals surface area contributed by atoms with Crippen molar-refractivity contribution in [3.8, 4) is 0 Å². The number of thiocarbonyl (C=S) groups is 1. The number of hydrogen-bond donors (Lipinski definition) is 1. The highest BCUT2D eigenvalue weighted by Crippen LogP contribution is 2.28. The Morgan fingerprint density at radius 3 is 2.42 bits per heavy atom.